The minimum Gasteiger partial charge on any atom is -0.360 e. The van der Waals surface area contributed by atoms with E-state index in [9.17, 15) is 21.6 Å². The van der Waals surface area contributed by atoms with Gasteiger partial charge in [0, 0.05) is 31.9 Å². The third-order valence-electron chi connectivity index (χ3n) is 6.13. The molecule has 0 radical (unpaired) electrons. The number of carbonyl (C=O) groups excluding carboxylic acids is 1. The fourth-order valence-electron chi connectivity index (χ4n) is 4.49. The van der Waals surface area contributed by atoms with Crippen molar-refractivity contribution in [3.63, 3.8) is 0 Å². The molecular weight excluding hydrogens is 468 g/mol. The largest absolute Gasteiger partial charge is 0.360 e. The first-order valence-electron chi connectivity index (χ1n) is 10.8. The van der Waals surface area contributed by atoms with E-state index in [1.807, 2.05) is 23.1 Å². The van der Waals surface area contributed by atoms with Crippen molar-refractivity contribution in [2.24, 2.45) is 0 Å². The Morgan fingerprint density at radius 2 is 1.82 bits per heavy atom. The summed E-state index contributed by atoms with van der Waals surface area (Å²) in [5, 5.41) is 3.74. The number of nitrogens with zero attached hydrogens (tertiary/aromatic N) is 4. The highest BCUT2D eigenvalue weighted by Crippen LogP contribution is 2.26. The first-order chi connectivity index (χ1) is 15.6. The van der Waals surface area contributed by atoms with E-state index in [0.29, 0.717) is 30.9 Å². The molecule has 2 aliphatic rings. The Hall–Kier alpha value is -2.28. The standard InChI is InChI=1S/C21H28N4O6S2/c1-16-21(17(2)31-22-16)33(29,30)24-11-9-23(10-12-24)14-20(26)25(18-6-4-3-5-7-18)19-8-13-32(27,28)15-19/h3-7,19H,8-15H2,1-2H3. The van der Waals surface area contributed by atoms with Crippen LogP contribution < -0.4 is 4.90 Å². The zero-order valence-electron chi connectivity index (χ0n) is 18.7. The van der Waals surface area contributed by atoms with Crippen molar-refractivity contribution < 1.29 is 26.2 Å². The highest BCUT2D eigenvalue weighted by atomic mass is 32.2. The number of carbonyl (C=O) groups is 1. The quantitative estimate of drug-likeness (QED) is 0.576. The smallest absolute Gasteiger partial charge is 0.248 e. The summed E-state index contributed by atoms with van der Waals surface area (Å²) < 4.78 is 56.5. The van der Waals surface area contributed by atoms with Gasteiger partial charge in [-0.25, -0.2) is 16.8 Å². The molecule has 1 atom stereocenters. The second-order valence-electron chi connectivity index (χ2n) is 8.49. The summed E-state index contributed by atoms with van der Waals surface area (Å²) in [6.07, 6.45) is 0.409. The summed E-state index contributed by atoms with van der Waals surface area (Å²) in [5.74, 6) is 0.101. The minimum atomic E-state index is -3.73. The van der Waals surface area contributed by atoms with Crippen molar-refractivity contribution >= 4 is 31.5 Å². The molecule has 0 saturated carbocycles. The van der Waals surface area contributed by atoms with Gasteiger partial charge in [0.05, 0.1) is 24.1 Å². The average molecular weight is 497 g/mol. The van der Waals surface area contributed by atoms with Crippen LogP contribution in [0.25, 0.3) is 0 Å². The van der Waals surface area contributed by atoms with Gasteiger partial charge in [0.25, 0.3) is 0 Å². The maximum atomic E-state index is 13.3. The average Bonchev–Trinajstić information content (AvgIpc) is 3.30. The SMILES string of the molecule is Cc1noc(C)c1S(=O)(=O)N1CCN(CC(=O)N(c2ccccc2)C2CCS(=O)(=O)C2)CC1. The molecule has 2 aromatic rings. The topological polar surface area (TPSA) is 121 Å². The monoisotopic (exact) mass is 496 g/mol. The van der Waals surface area contributed by atoms with E-state index >= 15 is 0 Å². The van der Waals surface area contributed by atoms with E-state index < -0.39 is 25.9 Å². The molecule has 180 valence electrons. The molecule has 3 heterocycles. The second-order valence-corrected chi connectivity index (χ2v) is 12.6. The normalized spacial score (nSPS) is 21.8. The summed E-state index contributed by atoms with van der Waals surface area (Å²) >= 11 is 0. The molecule has 12 heteroatoms. The van der Waals surface area contributed by atoms with E-state index in [2.05, 4.69) is 5.16 Å². The van der Waals surface area contributed by atoms with Crippen LogP contribution in [0.15, 0.2) is 39.8 Å². The lowest BCUT2D eigenvalue weighted by atomic mass is 10.1. The number of aromatic nitrogens is 1. The van der Waals surface area contributed by atoms with Crippen molar-refractivity contribution in [2.75, 3.05) is 49.1 Å². The molecule has 10 nitrogen and oxygen atoms in total. The molecule has 1 aromatic heterocycles. The number of sulfonamides is 1. The van der Waals surface area contributed by atoms with Crippen LogP contribution in [0.2, 0.25) is 0 Å². The molecule has 4 rings (SSSR count). The zero-order valence-corrected chi connectivity index (χ0v) is 20.3. The summed E-state index contributed by atoms with van der Waals surface area (Å²) in [4.78, 5) is 16.9. The first-order valence-corrected chi connectivity index (χ1v) is 14.1. The molecule has 0 N–H and O–H groups in total. The molecule has 1 amide bonds. The molecule has 0 spiro atoms. The number of rotatable bonds is 6. The van der Waals surface area contributed by atoms with Gasteiger partial charge in [0.1, 0.15) is 10.6 Å². The van der Waals surface area contributed by atoms with E-state index in [1.54, 1.807) is 30.9 Å². The molecule has 2 fully saturated rings. The number of hydrogen-bond acceptors (Lipinski definition) is 8. The van der Waals surface area contributed by atoms with Gasteiger partial charge in [0.15, 0.2) is 15.6 Å². The highest BCUT2D eigenvalue weighted by molar-refractivity contribution is 7.91. The Balaban J connectivity index is 1.44. The third-order valence-corrected chi connectivity index (χ3v) is 10.0. The molecule has 33 heavy (non-hydrogen) atoms. The predicted octanol–water partition coefficient (Wildman–Crippen LogP) is 0.818. The van der Waals surface area contributed by atoms with E-state index in [-0.39, 0.29) is 47.7 Å². The molecule has 0 bridgehead atoms. The van der Waals surface area contributed by atoms with Crippen LogP contribution in [0.5, 0.6) is 0 Å². The maximum Gasteiger partial charge on any atom is 0.248 e. The van der Waals surface area contributed by atoms with Crippen LogP contribution in [0, 0.1) is 13.8 Å². The van der Waals surface area contributed by atoms with Crippen molar-refractivity contribution in [3.8, 4) is 0 Å². The number of para-hydroxylation sites is 1. The third kappa shape index (κ3) is 4.98. The summed E-state index contributed by atoms with van der Waals surface area (Å²) in [6.45, 7) is 4.51. The number of piperazine rings is 1. The van der Waals surface area contributed by atoms with Gasteiger partial charge >= 0.3 is 0 Å². The lowest BCUT2D eigenvalue weighted by Crippen LogP contribution is -2.53. The van der Waals surface area contributed by atoms with Crippen LogP contribution in [0.4, 0.5) is 5.69 Å². The van der Waals surface area contributed by atoms with Crippen LogP contribution in [-0.4, -0.2) is 87.4 Å². The van der Waals surface area contributed by atoms with Crippen LogP contribution in [0.1, 0.15) is 17.9 Å². The van der Waals surface area contributed by atoms with Gasteiger partial charge in [0.2, 0.25) is 15.9 Å². The Morgan fingerprint density at radius 1 is 1.15 bits per heavy atom. The van der Waals surface area contributed by atoms with Crippen molar-refractivity contribution in [1.82, 2.24) is 14.4 Å². The molecule has 2 saturated heterocycles. The lowest BCUT2D eigenvalue weighted by Gasteiger charge is -2.35. The van der Waals surface area contributed by atoms with Gasteiger partial charge < -0.3 is 9.42 Å². The van der Waals surface area contributed by atoms with Gasteiger partial charge in [-0.15, -0.1) is 0 Å². The van der Waals surface area contributed by atoms with Crippen LogP contribution >= 0.6 is 0 Å². The first kappa shape index (κ1) is 23.9. The highest BCUT2D eigenvalue weighted by Gasteiger charge is 2.37. The molecule has 1 unspecified atom stereocenters. The number of hydrogen-bond donors (Lipinski definition) is 0. The Bertz CT molecular complexity index is 1200. The molecule has 1 aromatic carbocycles. The number of aryl methyl sites for hydroxylation is 2. The second kappa shape index (κ2) is 9.16. The fraction of sp³-hybridized carbons (Fsp3) is 0.524. The van der Waals surface area contributed by atoms with E-state index in [1.165, 1.54) is 4.31 Å². The van der Waals surface area contributed by atoms with Gasteiger partial charge in [-0.05, 0) is 32.4 Å². The summed E-state index contributed by atoms with van der Waals surface area (Å²) in [7, 11) is -6.89. The fourth-order valence-corrected chi connectivity index (χ4v) is 7.91. The van der Waals surface area contributed by atoms with Gasteiger partial charge in [-0.3, -0.25) is 9.69 Å². The predicted molar refractivity (Wildman–Crippen MR) is 122 cm³/mol. The maximum absolute atomic E-state index is 13.3. The molecular formula is C21H28N4O6S2. The number of amides is 1. The molecule has 2 aliphatic heterocycles. The van der Waals surface area contributed by atoms with Crippen molar-refractivity contribution in [2.45, 2.75) is 31.2 Å². The van der Waals surface area contributed by atoms with E-state index in [4.69, 9.17) is 4.52 Å². The number of sulfone groups is 1. The van der Waals surface area contributed by atoms with Crippen molar-refractivity contribution in [3.05, 3.63) is 41.8 Å². The number of benzene rings is 1. The van der Waals surface area contributed by atoms with Crippen LogP contribution in [-0.2, 0) is 24.7 Å². The van der Waals surface area contributed by atoms with Gasteiger partial charge in [-0.1, -0.05) is 23.4 Å². The minimum absolute atomic E-state index is 0.0445. The van der Waals surface area contributed by atoms with Crippen LogP contribution in [0.3, 0.4) is 0 Å². The number of anilines is 1. The van der Waals surface area contributed by atoms with Crippen molar-refractivity contribution in [1.29, 1.82) is 0 Å². The lowest BCUT2D eigenvalue weighted by molar-refractivity contribution is -0.120. The Kier molecular flexibility index (Phi) is 6.63. The summed E-state index contributed by atoms with van der Waals surface area (Å²) in [6, 6.07) is 8.69. The molecule has 0 aliphatic carbocycles. The van der Waals surface area contributed by atoms with E-state index in [0.717, 1.165) is 0 Å². The zero-order chi connectivity index (χ0) is 23.8. The summed E-state index contributed by atoms with van der Waals surface area (Å²) in [5.41, 5.74) is 0.999. The Labute approximate surface area is 194 Å². The van der Waals surface area contributed by atoms with Gasteiger partial charge in [-0.2, -0.15) is 4.31 Å². The Morgan fingerprint density at radius 3 is 2.36 bits per heavy atom.